The van der Waals surface area contributed by atoms with Gasteiger partial charge >= 0.3 is 6.36 Å². The van der Waals surface area contributed by atoms with E-state index in [9.17, 15) is 17.6 Å². The molecule has 118 valence electrons. The van der Waals surface area contributed by atoms with Crippen LogP contribution >= 0.6 is 0 Å². The molecule has 0 spiro atoms. The van der Waals surface area contributed by atoms with Crippen LogP contribution in [0.25, 0.3) is 17.1 Å². The van der Waals surface area contributed by atoms with Crippen LogP contribution in [0.3, 0.4) is 0 Å². The van der Waals surface area contributed by atoms with E-state index in [4.69, 9.17) is 0 Å². The highest BCUT2D eigenvalue weighted by molar-refractivity contribution is 5.54. The Morgan fingerprint density at radius 2 is 1.74 bits per heavy atom. The first-order chi connectivity index (χ1) is 10.9. The maximum absolute atomic E-state index is 13.2. The Morgan fingerprint density at radius 1 is 1.00 bits per heavy atom. The maximum atomic E-state index is 13.2. The van der Waals surface area contributed by atoms with Gasteiger partial charge < -0.3 is 4.74 Å². The summed E-state index contributed by atoms with van der Waals surface area (Å²) in [6, 6.07) is 11.0. The smallest absolute Gasteiger partial charge is 0.406 e. The van der Waals surface area contributed by atoms with Crippen LogP contribution < -0.4 is 4.74 Å². The average Bonchev–Trinajstić information content (AvgIpc) is 2.96. The SMILES string of the molecule is Fc1cccc(-c2ncn(-c3ccc(OC(F)(F)F)cc3)n2)c1. The van der Waals surface area contributed by atoms with Crippen LogP contribution in [-0.4, -0.2) is 21.1 Å². The Bertz CT molecular complexity index is 812. The van der Waals surface area contributed by atoms with Crippen molar-refractivity contribution in [2.45, 2.75) is 6.36 Å². The van der Waals surface area contributed by atoms with Gasteiger partial charge in [-0.1, -0.05) is 12.1 Å². The van der Waals surface area contributed by atoms with Gasteiger partial charge in [0, 0.05) is 5.56 Å². The van der Waals surface area contributed by atoms with Crippen LogP contribution in [0, 0.1) is 5.82 Å². The maximum Gasteiger partial charge on any atom is 0.573 e. The van der Waals surface area contributed by atoms with Crippen LogP contribution in [0.5, 0.6) is 5.75 Å². The molecule has 0 aliphatic rings. The van der Waals surface area contributed by atoms with Crippen molar-refractivity contribution in [2.75, 3.05) is 0 Å². The molecule has 3 rings (SSSR count). The Kier molecular flexibility index (Phi) is 3.73. The van der Waals surface area contributed by atoms with Gasteiger partial charge in [-0.2, -0.15) is 0 Å². The summed E-state index contributed by atoms with van der Waals surface area (Å²) < 4.78 is 54.7. The van der Waals surface area contributed by atoms with E-state index < -0.39 is 12.2 Å². The quantitative estimate of drug-likeness (QED) is 0.685. The highest BCUT2D eigenvalue weighted by Crippen LogP contribution is 2.24. The minimum atomic E-state index is -4.74. The largest absolute Gasteiger partial charge is 0.573 e. The minimum absolute atomic E-state index is 0.306. The molecule has 1 aromatic heterocycles. The van der Waals surface area contributed by atoms with E-state index in [1.165, 1.54) is 53.5 Å². The second kappa shape index (κ2) is 5.71. The van der Waals surface area contributed by atoms with E-state index in [2.05, 4.69) is 14.8 Å². The van der Waals surface area contributed by atoms with Crippen LogP contribution in [0.4, 0.5) is 17.6 Å². The fourth-order valence-corrected chi connectivity index (χ4v) is 1.95. The zero-order chi connectivity index (χ0) is 16.4. The number of hydrogen-bond acceptors (Lipinski definition) is 3. The van der Waals surface area contributed by atoms with E-state index >= 15 is 0 Å². The summed E-state index contributed by atoms with van der Waals surface area (Å²) in [5.41, 5.74) is 0.996. The fraction of sp³-hybridized carbons (Fsp3) is 0.0667. The zero-order valence-corrected chi connectivity index (χ0v) is 11.5. The second-order valence-corrected chi connectivity index (χ2v) is 4.56. The van der Waals surface area contributed by atoms with E-state index in [0.717, 1.165) is 0 Å². The van der Waals surface area contributed by atoms with Crippen molar-refractivity contribution in [3.63, 3.8) is 0 Å². The van der Waals surface area contributed by atoms with Crippen LogP contribution in [-0.2, 0) is 0 Å². The molecule has 2 aromatic carbocycles. The highest BCUT2D eigenvalue weighted by atomic mass is 19.4. The molecule has 0 amide bonds. The summed E-state index contributed by atoms with van der Waals surface area (Å²) in [6.07, 6.45) is -3.35. The molecule has 0 aliphatic heterocycles. The van der Waals surface area contributed by atoms with E-state index in [1.807, 2.05) is 0 Å². The summed E-state index contributed by atoms with van der Waals surface area (Å²) in [7, 11) is 0. The fourth-order valence-electron chi connectivity index (χ4n) is 1.95. The Labute approximate surface area is 128 Å². The lowest BCUT2D eigenvalue weighted by Gasteiger charge is -2.09. The molecule has 0 fully saturated rings. The van der Waals surface area contributed by atoms with Crippen molar-refractivity contribution in [1.82, 2.24) is 14.8 Å². The standard InChI is InChI=1S/C15H9F4N3O/c16-11-3-1-2-10(8-11)14-20-9-22(21-14)12-4-6-13(7-5-12)23-15(17,18)19/h1-9H. The topological polar surface area (TPSA) is 39.9 Å². The molecule has 0 radical (unpaired) electrons. The van der Waals surface area contributed by atoms with Crippen LogP contribution in [0.15, 0.2) is 54.9 Å². The van der Waals surface area contributed by atoms with Gasteiger partial charge in [-0.3, -0.25) is 0 Å². The summed E-state index contributed by atoms with van der Waals surface area (Å²) in [6.45, 7) is 0. The van der Waals surface area contributed by atoms with Crippen molar-refractivity contribution < 1.29 is 22.3 Å². The van der Waals surface area contributed by atoms with Crippen LogP contribution in [0.2, 0.25) is 0 Å². The molecule has 0 aliphatic carbocycles. The first kappa shape index (κ1) is 15.0. The molecule has 8 heteroatoms. The summed E-state index contributed by atoms with van der Waals surface area (Å²) in [5, 5.41) is 4.17. The second-order valence-electron chi connectivity index (χ2n) is 4.56. The van der Waals surface area contributed by atoms with Gasteiger partial charge in [0.05, 0.1) is 5.69 Å². The lowest BCUT2D eigenvalue weighted by atomic mass is 10.2. The molecule has 4 nitrogen and oxygen atoms in total. The number of aromatic nitrogens is 3. The third kappa shape index (κ3) is 3.65. The number of hydrogen-bond donors (Lipinski definition) is 0. The molecule has 3 aromatic rings. The lowest BCUT2D eigenvalue weighted by molar-refractivity contribution is -0.274. The first-order valence-corrected chi connectivity index (χ1v) is 6.44. The number of nitrogens with zero attached hydrogens (tertiary/aromatic N) is 3. The Hall–Kier alpha value is -2.90. The number of ether oxygens (including phenoxy) is 1. The average molecular weight is 323 g/mol. The zero-order valence-electron chi connectivity index (χ0n) is 11.5. The first-order valence-electron chi connectivity index (χ1n) is 6.44. The Morgan fingerprint density at radius 3 is 2.39 bits per heavy atom. The van der Waals surface area contributed by atoms with Gasteiger partial charge in [0.2, 0.25) is 0 Å². The number of alkyl halides is 3. The summed E-state index contributed by atoms with van der Waals surface area (Å²) in [4.78, 5) is 4.06. The molecule has 23 heavy (non-hydrogen) atoms. The highest BCUT2D eigenvalue weighted by Gasteiger charge is 2.30. The monoisotopic (exact) mass is 323 g/mol. The third-order valence-electron chi connectivity index (χ3n) is 2.91. The van der Waals surface area contributed by atoms with Gasteiger partial charge in [0.25, 0.3) is 0 Å². The van der Waals surface area contributed by atoms with Gasteiger partial charge in [0.1, 0.15) is 17.9 Å². The van der Waals surface area contributed by atoms with Gasteiger partial charge in [-0.15, -0.1) is 18.3 Å². The van der Waals surface area contributed by atoms with Crippen LogP contribution in [0.1, 0.15) is 0 Å². The molecular formula is C15H9F4N3O. The van der Waals surface area contributed by atoms with E-state index in [0.29, 0.717) is 17.1 Å². The molecular weight excluding hydrogens is 314 g/mol. The lowest BCUT2D eigenvalue weighted by Crippen LogP contribution is -2.17. The molecule has 0 saturated heterocycles. The number of rotatable bonds is 3. The molecule has 0 unspecified atom stereocenters. The van der Waals surface area contributed by atoms with Gasteiger partial charge in [-0.05, 0) is 36.4 Å². The van der Waals surface area contributed by atoms with Gasteiger partial charge in [0.15, 0.2) is 5.82 Å². The predicted molar refractivity (Wildman–Crippen MR) is 73.4 cm³/mol. The number of benzene rings is 2. The molecule has 0 bridgehead atoms. The predicted octanol–water partition coefficient (Wildman–Crippen LogP) is 3.97. The van der Waals surface area contributed by atoms with Crippen molar-refractivity contribution >= 4 is 0 Å². The van der Waals surface area contributed by atoms with Gasteiger partial charge in [-0.25, -0.2) is 14.1 Å². The van der Waals surface area contributed by atoms with Crippen molar-refractivity contribution in [1.29, 1.82) is 0 Å². The van der Waals surface area contributed by atoms with E-state index in [1.54, 1.807) is 6.07 Å². The van der Waals surface area contributed by atoms with Crippen molar-refractivity contribution in [3.8, 4) is 22.8 Å². The molecule has 0 saturated carbocycles. The molecule has 0 N–H and O–H groups in total. The van der Waals surface area contributed by atoms with Crippen molar-refractivity contribution in [2.24, 2.45) is 0 Å². The normalized spacial score (nSPS) is 11.5. The summed E-state index contributed by atoms with van der Waals surface area (Å²) in [5.74, 6) is -0.431. The Balaban J connectivity index is 1.83. The molecule has 0 atom stereocenters. The number of halogens is 4. The minimum Gasteiger partial charge on any atom is -0.406 e. The summed E-state index contributed by atoms with van der Waals surface area (Å²) >= 11 is 0. The van der Waals surface area contributed by atoms with E-state index in [-0.39, 0.29) is 5.75 Å². The molecule has 1 heterocycles. The third-order valence-corrected chi connectivity index (χ3v) is 2.91. The van der Waals surface area contributed by atoms with Crippen molar-refractivity contribution in [3.05, 3.63) is 60.7 Å².